The van der Waals surface area contributed by atoms with Crippen molar-refractivity contribution in [3.63, 3.8) is 0 Å². The van der Waals surface area contributed by atoms with Gasteiger partial charge >= 0.3 is 0 Å². The third kappa shape index (κ3) is 2.45. The van der Waals surface area contributed by atoms with Crippen molar-refractivity contribution in [3.8, 4) is 6.07 Å². The van der Waals surface area contributed by atoms with Crippen LogP contribution < -0.4 is 0 Å². The van der Waals surface area contributed by atoms with Crippen molar-refractivity contribution in [3.05, 3.63) is 41.8 Å². The molecule has 0 fully saturated rings. The highest BCUT2D eigenvalue weighted by molar-refractivity contribution is 8.33. The van der Waals surface area contributed by atoms with Crippen molar-refractivity contribution in [2.24, 2.45) is 0 Å². The lowest BCUT2D eigenvalue weighted by molar-refractivity contribution is 1.53. The van der Waals surface area contributed by atoms with Crippen LogP contribution >= 0.6 is 47.0 Å². The fourth-order valence-corrected chi connectivity index (χ4v) is 5.20. The Bertz CT molecular complexity index is 388. The Morgan fingerprint density at radius 3 is 2.64 bits per heavy atom. The van der Waals surface area contributed by atoms with Gasteiger partial charge in [-0.05, 0) is 22.3 Å². The average Bonchev–Trinajstić information content (AvgIpc) is 2.85. The van der Waals surface area contributed by atoms with E-state index in [-0.39, 0.29) is 0 Å². The average molecular weight is 255 g/mol. The van der Waals surface area contributed by atoms with Gasteiger partial charge in [0, 0.05) is 11.0 Å². The third-order valence-corrected chi connectivity index (χ3v) is 6.39. The largest absolute Gasteiger partial charge is 0.193 e. The van der Waals surface area contributed by atoms with Gasteiger partial charge in [-0.2, -0.15) is 5.26 Å². The van der Waals surface area contributed by atoms with Crippen LogP contribution in [0.2, 0.25) is 0 Å². The Hall–Kier alpha value is -0.150. The van der Waals surface area contributed by atoms with Gasteiger partial charge in [0.2, 0.25) is 0 Å². The molecule has 0 radical (unpaired) electrons. The molecule has 2 rings (SSSR count). The third-order valence-electron chi connectivity index (χ3n) is 1.39. The SMILES string of the molecule is N#C/C=C/C1=CSC(=C2SC=CS2)S1. The van der Waals surface area contributed by atoms with E-state index >= 15 is 0 Å². The summed E-state index contributed by atoms with van der Waals surface area (Å²) < 4.78 is 2.67. The van der Waals surface area contributed by atoms with Crippen molar-refractivity contribution in [2.45, 2.75) is 0 Å². The molecule has 0 aromatic heterocycles. The fraction of sp³-hybridized carbons (Fsp3) is 0. The first kappa shape index (κ1) is 10.4. The topological polar surface area (TPSA) is 23.8 Å². The molecule has 14 heavy (non-hydrogen) atoms. The molecule has 0 atom stereocenters. The number of nitriles is 1. The van der Waals surface area contributed by atoms with E-state index < -0.39 is 0 Å². The molecule has 0 unspecified atom stereocenters. The number of allylic oxidation sites excluding steroid dienone is 2. The minimum atomic E-state index is 1.15. The van der Waals surface area contributed by atoms with E-state index in [1.165, 1.54) is 14.6 Å². The normalized spacial score (nSPS) is 20.6. The Morgan fingerprint density at radius 1 is 1.14 bits per heavy atom. The zero-order valence-electron chi connectivity index (χ0n) is 6.97. The minimum absolute atomic E-state index is 1.15. The zero-order chi connectivity index (χ0) is 9.80. The smallest absolute Gasteiger partial charge is 0.0912 e. The van der Waals surface area contributed by atoms with E-state index in [1.807, 2.05) is 12.1 Å². The fourth-order valence-electron chi connectivity index (χ4n) is 0.852. The molecule has 0 N–H and O–H groups in total. The standard InChI is InChI=1S/C9H5NS4/c10-3-1-2-7-6-13-9(14-7)8-11-4-5-12-8/h1-2,4-6H/b2-1+. The first-order valence-corrected chi connectivity index (χ1v) is 7.19. The summed E-state index contributed by atoms with van der Waals surface area (Å²) in [5.74, 6) is 0. The maximum Gasteiger partial charge on any atom is 0.0912 e. The highest BCUT2D eigenvalue weighted by Crippen LogP contribution is 2.53. The molecule has 1 nitrogen and oxygen atoms in total. The van der Waals surface area contributed by atoms with E-state index in [1.54, 1.807) is 47.0 Å². The molecule has 2 aliphatic rings. The van der Waals surface area contributed by atoms with E-state index in [0.717, 1.165) is 4.91 Å². The van der Waals surface area contributed by atoms with E-state index in [4.69, 9.17) is 5.26 Å². The lowest BCUT2D eigenvalue weighted by Gasteiger charge is -1.98. The second-order valence-corrected chi connectivity index (χ2v) is 6.60. The van der Waals surface area contributed by atoms with Crippen LogP contribution in [-0.2, 0) is 0 Å². The molecule has 0 spiro atoms. The predicted molar refractivity (Wildman–Crippen MR) is 69.4 cm³/mol. The van der Waals surface area contributed by atoms with Crippen molar-refractivity contribution < 1.29 is 0 Å². The van der Waals surface area contributed by atoms with Crippen LogP contribution in [0.5, 0.6) is 0 Å². The zero-order valence-corrected chi connectivity index (χ0v) is 10.2. The summed E-state index contributed by atoms with van der Waals surface area (Å²) in [4.78, 5) is 1.15. The molecule has 70 valence electrons. The molecular weight excluding hydrogens is 250 g/mol. The molecule has 2 heterocycles. The van der Waals surface area contributed by atoms with E-state index in [9.17, 15) is 0 Å². The van der Waals surface area contributed by atoms with Gasteiger partial charge in [-0.15, -0.1) is 0 Å². The van der Waals surface area contributed by atoms with Crippen molar-refractivity contribution in [2.75, 3.05) is 0 Å². The van der Waals surface area contributed by atoms with Gasteiger partial charge in [0.05, 0.1) is 14.5 Å². The maximum atomic E-state index is 8.39. The van der Waals surface area contributed by atoms with Crippen LogP contribution in [0.1, 0.15) is 0 Å². The molecule has 0 amide bonds. The second-order valence-electron chi connectivity index (χ2n) is 2.29. The summed E-state index contributed by atoms with van der Waals surface area (Å²) in [6, 6.07) is 2.00. The van der Waals surface area contributed by atoms with Gasteiger partial charge in [-0.3, -0.25) is 0 Å². The van der Waals surface area contributed by atoms with Gasteiger partial charge in [0.25, 0.3) is 0 Å². The number of nitrogens with zero attached hydrogens (tertiary/aromatic N) is 1. The van der Waals surface area contributed by atoms with Gasteiger partial charge in [-0.1, -0.05) is 47.0 Å². The molecule has 0 aromatic rings. The minimum Gasteiger partial charge on any atom is -0.193 e. The van der Waals surface area contributed by atoms with Crippen LogP contribution in [0.25, 0.3) is 0 Å². The predicted octanol–water partition coefficient (Wildman–Crippen LogP) is 4.47. The highest BCUT2D eigenvalue weighted by Gasteiger charge is 2.16. The van der Waals surface area contributed by atoms with Crippen LogP contribution in [0.3, 0.4) is 0 Å². The molecule has 0 saturated carbocycles. The number of thioether (sulfide) groups is 4. The summed E-state index contributed by atoms with van der Waals surface area (Å²) >= 11 is 7.00. The summed E-state index contributed by atoms with van der Waals surface area (Å²) in [5.41, 5.74) is 0. The Kier molecular flexibility index (Phi) is 3.76. The maximum absolute atomic E-state index is 8.39. The van der Waals surface area contributed by atoms with Gasteiger partial charge in [0.1, 0.15) is 0 Å². The van der Waals surface area contributed by atoms with Crippen LogP contribution in [0.15, 0.2) is 41.8 Å². The lowest BCUT2D eigenvalue weighted by Crippen LogP contribution is -1.66. The number of hydrogen-bond acceptors (Lipinski definition) is 5. The van der Waals surface area contributed by atoms with E-state index in [2.05, 4.69) is 16.2 Å². The molecule has 2 aliphatic heterocycles. The summed E-state index contributed by atoms with van der Waals surface area (Å²) in [6.45, 7) is 0. The molecular formula is C9H5NS4. The molecule has 0 aliphatic carbocycles. The van der Waals surface area contributed by atoms with Crippen LogP contribution in [0.4, 0.5) is 0 Å². The lowest BCUT2D eigenvalue weighted by atomic mass is 10.5. The Morgan fingerprint density at radius 2 is 1.93 bits per heavy atom. The van der Waals surface area contributed by atoms with Crippen LogP contribution in [0, 0.1) is 11.3 Å². The van der Waals surface area contributed by atoms with Crippen molar-refractivity contribution in [1.29, 1.82) is 5.26 Å². The monoisotopic (exact) mass is 255 g/mol. The molecule has 0 bridgehead atoms. The van der Waals surface area contributed by atoms with Crippen LogP contribution in [-0.4, -0.2) is 0 Å². The molecule has 0 aromatic carbocycles. The highest BCUT2D eigenvalue weighted by atomic mass is 32.2. The molecule has 0 saturated heterocycles. The van der Waals surface area contributed by atoms with Crippen molar-refractivity contribution >= 4 is 47.0 Å². The summed E-state index contributed by atoms with van der Waals surface area (Å²) in [6.07, 6.45) is 3.36. The first-order valence-electron chi connectivity index (χ1n) is 3.73. The first-order chi connectivity index (χ1) is 6.90. The number of rotatable bonds is 1. The number of hydrogen-bond donors (Lipinski definition) is 0. The van der Waals surface area contributed by atoms with Gasteiger partial charge in [0.15, 0.2) is 0 Å². The quantitative estimate of drug-likeness (QED) is 0.644. The summed E-state index contributed by atoms with van der Waals surface area (Å²) in [5, 5.41) is 14.7. The van der Waals surface area contributed by atoms with E-state index in [0.29, 0.717) is 0 Å². The summed E-state index contributed by atoms with van der Waals surface area (Å²) in [7, 11) is 0. The van der Waals surface area contributed by atoms with Crippen molar-refractivity contribution in [1.82, 2.24) is 0 Å². The Balaban J connectivity index is 2.02. The van der Waals surface area contributed by atoms with Gasteiger partial charge < -0.3 is 0 Å². The molecule has 5 heteroatoms. The Labute approximate surface area is 99.8 Å². The second kappa shape index (κ2) is 5.08. The van der Waals surface area contributed by atoms with Gasteiger partial charge in [-0.25, -0.2) is 0 Å².